The second-order valence-electron chi connectivity index (χ2n) is 5.84. The molecule has 0 aliphatic heterocycles. The van der Waals surface area contributed by atoms with Gasteiger partial charge in [-0.15, -0.1) is 0 Å². The SMILES string of the molecule is COC(C)(C)[C@@H]1C(c2ccccc2)=Cc2ccccc21. The van der Waals surface area contributed by atoms with Crippen molar-refractivity contribution in [2.24, 2.45) is 0 Å². The summed E-state index contributed by atoms with van der Waals surface area (Å²) < 4.78 is 5.79. The average Bonchev–Trinajstić information content (AvgIpc) is 2.88. The molecule has 0 spiro atoms. The van der Waals surface area contributed by atoms with Crippen LogP contribution in [0.25, 0.3) is 11.6 Å². The largest absolute Gasteiger partial charge is 0.378 e. The lowest BCUT2D eigenvalue weighted by Crippen LogP contribution is -2.31. The van der Waals surface area contributed by atoms with E-state index < -0.39 is 0 Å². The molecule has 2 aromatic carbocycles. The molecule has 1 aliphatic rings. The highest BCUT2D eigenvalue weighted by Gasteiger charge is 2.38. The van der Waals surface area contributed by atoms with E-state index in [0.29, 0.717) is 0 Å². The number of rotatable bonds is 3. The number of hydrogen-bond donors (Lipinski definition) is 0. The molecule has 102 valence electrons. The highest BCUT2D eigenvalue weighted by atomic mass is 16.5. The molecule has 0 saturated carbocycles. The second-order valence-corrected chi connectivity index (χ2v) is 5.84. The lowest BCUT2D eigenvalue weighted by atomic mass is 9.79. The van der Waals surface area contributed by atoms with E-state index in [1.165, 1.54) is 22.3 Å². The van der Waals surface area contributed by atoms with Gasteiger partial charge < -0.3 is 4.74 Å². The van der Waals surface area contributed by atoms with Crippen molar-refractivity contribution in [2.45, 2.75) is 25.4 Å². The van der Waals surface area contributed by atoms with E-state index in [2.05, 4.69) is 74.5 Å². The molecule has 0 unspecified atom stereocenters. The van der Waals surface area contributed by atoms with E-state index in [4.69, 9.17) is 4.74 Å². The Morgan fingerprint density at radius 1 is 0.900 bits per heavy atom. The zero-order valence-electron chi connectivity index (χ0n) is 12.3. The maximum Gasteiger partial charge on any atom is 0.0731 e. The van der Waals surface area contributed by atoms with Crippen molar-refractivity contribution in [1.29, 1.82) is 0 Å². The number of fused-ring (bicyclic) bond motifs is 1. The zero-order chi connectivity index (χ0) is 14.2. The van der Waals surface area contributed by atoms with Gasteiger partial charge >= 0.3 is 0 Å². The Hall–Kier alpha value is -1.86. The van der Waals surface area contributed by atoms with Crippen molar-refractivity contribution in [2.75, 3.05) is 7.11 Å². The molecule has 0 aromatic heterocycles. The van der Waals surface area contributed by atoms with Gasteiger partial charge in [-0.2, -0.15) is 0 Å². The minimum Gasteiger partial charge on any atom is -0.378 e. The monoisotopic (exact) mass is 264 g/mol. The van der Waals surface area contributed by atoms with E-state index in [0.717, 1.165) is 0 Å². The Kier molecular flexibility index (Phi) is 3.23. The fraction of sp³-hybridized carbons (Fsp3) is 0.263. The first-order valence-electron chi connectivity index (χ1n) is 7.04. The summed E-state index contributed by atoms with van der Waals surface area (Å²) in [7, 11) is 1.80. The first kappa shape index (κ1) is 13.1. The Bertz CT molecular complexity index is 638. The molecule has 0 heterocycles. The quantitative estimate of drug-likeness (QED) is 0.777. The number of methoxy groups -OCH3 is 1. The highest BCUT2D eigenvalue weighted by molar-refractivity contribution is 5.92. The summed E-state index contributed by atoms with van der Waals surface area (Å²) in [6.45, 7) is 4.33. The molecule has 0 radical (unpaired) electrons. The van der Waals surface area contributed by atoms with Crippen molar-refractivity contribution in [3.8, 4) is 0 Å². The molecule has 1 atom stereocenters. The van der Waals surface area contributed by atoms with Crippen molar-refractivity contribution in [3.05, 3.63) is 71.3 Å². The van der Waals surface area contributed by atoms with Gasteiger partial charge in [0.05, 0.1) is 5.60 Å². The molecule has 0 bridgehead atoms. The molecule has 0 fully saturated rings. The van der Waals surface area contributed by atoms with Crippen LogP contribution in [0.15, 0.2) is 54.6 Å². The van der Waals surface area contributed by atoms with Gasteiger partial charge in [0.15, 0.2) is 0 Å². The second kappa shape index (κ2) is 4.92. The summed E-state index contributed by atoms with van der Waals surface area (Å²) in [4.78, 5) is 0. The van der Waals surface area contributed by atoms with Crippen LogP contribution in [0.1, 0.15) is 36.5 Å². The Labute approximate surface area is 120 Å². The lowest BCUT2D eigenvalue weighted by Gasteiger charge is -2.33. The third-order valence-corrected chi connectivity index (χ3v) is 4.26. The van der Waals surface area contributed by atoms with Crippen LogP contribution in [0.2, 0.25) is 0 Å². The topological polar surface area (TPSA) is 9.23 Å². The van der Waals surface area contributed by atoms with Gasteiger partial charge in [0.25, 0.3) is 0 Å². The van der Waals surface area contributed by atoms with Gasteiger partial charge in [0, 0.05) is 13.0 Å². The first-order valence-corrected chi connectivity index (χ1v) is 7.04. The standard InChI is InChI=1S/C19H20O/c1-19(2,20-3)18-16-12-8-7-11-15(16)13-17(18)14-9-5-4-6-10-14/h4-13,18H,1-3H3/t18-/m0/s1. The molecule has 0 N–H and O–H groups in total. The van der Waals surface area contributed by atoms with Crippen LogP contribution in [0.4, 0.5) is 0 Å². The minimum atomic E-state index is -0.228. The summed E-state index contributed by atoms with van der Waals surface area (Å²) >= 11 is 0. The van der Waals surface area contributed by atoms with Crippen molar-refractivity contribution < 1.29 is 4.74 Å². The normalized spacial score (nSPS) is 17.8. The Morgan fingerprint density at radius 3 is 2.25 bits per heavy atom. The van der Waals surface area contributed by atoms with Crippen LogP contribution < -0.4 is 0 Å². The molecular formula is C19H20O. The summed E-state index contributed by atoms with van der Waals surface area (Å²) in [5, 5.41) is 0. The third-order valence-electron chi connectivity index (χ3n) is 4.26. The molecular weight excluding hydrogens is 244 g/mol. The fourth-order valence-corrected chi connectivity index (χ4v) is 3.07. The molecule has 0 amide bonds. The fourth-order valence-electron chi connectivity index (χ4n) is 3.07. The Balaban J connectivity index is 2.15. The maximum atomic E-state index is 5.79. The zero-order valence-corrected chi connectivity index (χ0v) is 12.3. The van der Waals surface area contributed by atoms with Crippen LogP contribution in [0.3, 0.4) is 0 Å². The van der Waals surface area contributed by atoms with Gasteiger partial charge in [-0.25, -0.2) is 0 Å². The summed E-state index contributed by atoms with van der Waals surface area (Å²) in [5.41, 5.74) is 5.06. The van der Waals surface area contributed by atoms with Crippen LogP contribution in [0, 0.1) is 0 Å². The molecule has 20 heavy (non-hydrogen) atoms. The van der Waals surface area contributed by atoms with E-state index in [1.807, 2.05) is 0 Å². The van der Waals surface area contributed by atoms with Gasteiger partial charge in [0.1, 0.15) is 0 Å². The molecule has 1 aliphatic carbocycles. The van der Waals surface area contributed by atoms with Crippen molar-refractivity contribution in [1.82, 2.24) is 0 Å². The molecule has 0 saturated heterocycles. The van der Waals surface area contributed by atoms with Crippen molar-refractivity contribution >= 4 is 11.6 Å². The number of benzene rings is 2. The number of ether oxygens (including phenoxy) is 1. The summed E-state index contributed by atoms with van der Waals surface area (Å²) in [6, 6.07) is 19.2. The minimum absolute atomic E-state index is 0.228. The smallest absolute Gasteiger partial charge is 0.0731 e. The lowest BCUT2D eigenvalue weighted by molar-refractivity contribution is 0.0136. The highest BCUT2D eigenvalue weighted by Crippen LogP contribution is 2.48. The molecule has 1 heteroatoms. The van der Waals surface area contributed by atoms with E-state index in [9.17, 15) is 0 Å². The average molecular weight is 264 g/mol. The molecule has 3 rings (SSSR count). The van der Waals surface area contributed by atoms with Crippen molar-refractivity contribution in [3.63, 3.8) is 0 Å². The van der Waals surface area contributed by atoms with Gasteiger partial charge in [-0.05, 0) is 36.1 Å². The van der Waals surface area contributed by atoms with Crippen LogP contribution in [-0.4, -0.2) is 12.7 Å². The number of hydrogen-bond acceptors (Lipinski definition) is 1. The summed E-state index contributed by atoms with van der Waals surface area (Å²) in [6.07, 6.45) is 2.30. The molecule has 1 nitrogen and oxygen atoms in total. The van der Waals surface area contributed by atoms with Crippen LogP contribution >= 0.6 is 0 Å². The van der Waals surface area contributed by atoms with E-state index in [-0.39, 0.29) is 11.5 Å². The van der Waals surface area contributed by atoms with E-state index in [1.54, 1.807) is 7.11 Å². The van der Waals surface area contributed by atoms with Crippen LogP contribution in [0.5, 0.6) is 0 Å². The third kappa shape index (κ3) is 2.08. The van der Waals surface area contributed by atoms with Gasteiger partial charge in [-0.3, -0.25) is 0 Å². The molecule has 2 aromatic rings. The first-order chi connectivity index (χ1) is 9.63. The van der Waals surface area contributed by atoms with Gasteiger partial charge in [-0.1, -0.05) is 60.7 Å². The maximum absolute atomic E-state index is 5.79. The predicted octanol–water partition coefficient (Wildman–Crippen LogP) is 4.75. The van der Waals surface area contributed by atoms with Crippen LogP contribution in [-0.2, 0) is 4.74 Å². The summed E-state index contributed by atoms with van der Waals surface area (Å²) in [5.74, 6) is 0.270. The van der Waals surface area contributed by atoms with Gasteiger partial charge in [0.2, 0.25) is 0 Å². The predicted molar refractivity (Wildman–Crippen MR) is 84.6 cm³/mol. The Morgan fingerprint density at radius 2 is 1.55 bits per heavy atom. The van der Waals surface area contributed by atoms with E-state index >= 15 is 0 Å².